The molecule has 2 rings (SSSR count). The van der Waals surface area contributed by atoms with E-state index < -0.39 is 12.5 Å². The van der Waals surface area contributed by atoms with Crippen molar-refractivity contribution < 1.29 is 8.78 Å². The van der Waals surface area contributed by atoms with Gasteiger partial charge in [-0.05, 0) is 17.5 Å². The predicted octanol–water partition coefficient (Wildman–Crippen LogP) is 3.04. The molecule has 80 valence electrons. The van der Waals surface area contributed by atoms with E-state index >= 15 is 0 Å². The fraction of sp³-hybridized carbons (Fsp3) is 0.273. The van der Waals surface area contributed by atoms with E-state index in [1.54, 1.807) is 0 Å². The van der Waals surface area contributed by atoms with Crippen LogP contribution in [0, 0.1) is 0 Å². The van der Waals surface area contributed by atoms with Gasteiger partial charge in [-0.2, -0.15) is 0 Å². The lowest BCUT2D eigenvalue weighted by molar-refractivity contribution is 0.0123. The number of thiophene rings is 1. The van der Waals surface area contributed by atoms with E-state index in [9.17, 15) is 8.78 Å². The lowest BCUT2D eigenvalue weighted by atomic mass is 10.2. The number of halogens is 2. The summed E-state index contributed by atoms with van der Waals surface area (Å²) in [5.74, 6) is -2.79. The van der Waals surface area contributed by atoms with Crippen molar-refractivity contribution in [2.24, 2.45) is 5.73 Å². The maximum Gasteiger partial charge on any atom is 0.264 e. The molecule has 1 aromatic carbocycles. The van der Waals surface area contributed by atoms with Crippen molar-refractivity contribution in [2.45, 2.75) is 12.3 Å². The largest absolute Gasteiger partial charge is 0.325 e. The standard InChI is InChI=1S/C11H11F2NS/c12-11(13,7-14)6-9-5-8-3-1-2-4-10(8)15-9/h1-5H,6-7,14H2. The Morgan fingerprint density at radius 1 is 1.27 bits per heavy atom. The molecular weight excluding hydrogens is 216 g/mol. The predicted molar refractivity (Wildman–Crippen MR) is 59.5 cm³/mol. The normalized spacial score (nSPS) is 12.2. The summed E-state index contributed by atoms with van der Waals surface area (Å²) in [6, 6.07) is 9.48. The third-order valence-corrected chi connectivity index (χ3v) is 3.32. The first kappa shape index (κ1) is 10.5. The molecule has 1 aromatic heterocycles. The van der Waals surface area contributed by atoms with Crippen molar-refractivity contribution in [3.8, 4) is 0 Å². The first-order valence-corrected chi connectivity index (χ1v) is 5.48. The Balaban J connectivity index is 2.30. The molecule has 0 radical (unpaired) electrons. The molecule has 1 nitrogen and oxygen atoms in total. The lowest BCUT2D eigenvalue weighted by Gasteiger charge is -2.11. The fourth-order valence-corrected chi connectivity index (χ4v) is 2.59. The minimum absolute atomic E-state index is 0.261. The molecule has 0 fully saturated rings. The molecule has 0 saturated carbocycles. The number of hydrogen-bond acceptors (Lipinski definition) is 2. The first-order chi connectivity index (χ1) is 7.11. The topological polar surface area (TPSA) is 26.0 Å². The summed E-state index contributed by atoms with van der Waals surface area (Å²) in [6.45, 7) is -0.596. The zero-order chi connectivity index (χ0) is 10.9. The third-order valence-electron chi connectivity index (χ3n) is 2.21. The van der Waals surface area contributed by atoms with Crippen LogP contribution < -0.4 is 5.73 Å². The molecule has 0 aliphatic carbocycles. The molecule has 0 atom stereocenters. The van der Waals surface area contributed by atoms with Crippen LogP contribution in [-0.4, -0.2) is 12.5 Å². The molecule has 0 bridgehead atoms. The smallest absolute Gasteiger partial charge is 0.264 e. The Morgan fingerprint density at radius 2 is 2.00 bits per heavy atom. The number of nitrogens with two attached hydrogens (primary N) is 1. The van der Waals surface area contributed by atoms with Crippen LogP contribution in [0.5, 0.6) is 0 Å². The summed E-state index contributed by atoms with van der Waals surface area (Å²) < 4.78 is 27.1. The van der Waals surface area contributed by atoms with E-state index in [0.29, 0.717) is 4.88 Å². The van der Waals surface area contributed by atoms with Crippen LogP contribution in [0.25, 0.3) is 10.1 Å². The van der Waals surface area contributed by atoms with Gasteiger partial charge in [0.25, 0.3) is 5.92 Å². The van der Waals surface area contributed by atoms with Gasteiger partial charge in [-0.25, -0.2) is 8.78 Å². The monoisotopic (exact) mass is 227 g/mol. The fourth-order valence-electron chi connectivity index (χ4n) is 1.45. The van der Waals surface area contributed by atoms with Crippen molar-refractivity contribution in [1.82, 2.24) is 0 Å². The average Bonchev–Trinajstić information content (AvgIpc) is 2.58. The second-order valence-corrected chi connectivity index (χ2v) is 4.66. The number of benzene rings is 1. The SMILES string of the molecule is NCC(F)(F)Cc1cc2ccccc2s1. The highest BCUT2D eigenvalue weighted by Crippen LogP contribution is 2.29. The van der Waals surface area contributed by atoms with Crippen molar-refractivity contribution in [3.05, 3.63) is 35.2 Å². The molecule has 4 heteroatoms. The molecule has 0 aliphatic rings. The van der Waals surface area contributed by atoms with Crippen LogP contribution in [0.2, 0.25) is 0 Å². The van der Waals surface area contributed by atoms with Crippen LogP contribution >= 0.6 is 11.3 Å². The van der Waals surface area contributed by atoms with Gasteiger partial charge >= 0.3 is 0 Å². The van der Waals surface area contributed by atoms with Crippen molar-refractivity contribution in [1.29, 1.82) is 0 Å². The number of rotatable bonds is 3. The van der Waals surface area contributed by atoms with E-state index in [2.05, 4.69) is 0 Å². The molecule has 2 N–H and O–H groups in total. The van der Waals surface area contributed by atoms with Gasteiger partial charge in [0, 0.05) is 16.0 Å². The Hall–Kier alpha value is -1.00. The molecule has 0 aliphatic heterocycles. The Labute approximate surface area is 90.5 Å². The molecule has 0 amide bonds. The highest BCUT2D eigenvalue weighted by Gasteiger charge is 2.27. The first-order valence-electron chi connectivity index (χ1n) is 4.66. The van der Waals surface area contributed by atoms with Crippen molar-refractivity contribution >= 4 is 21.4 Å². The van der Waals surface area contributed by atoms with E-state index in [1.807, 2.05) is 30.3 Å². The molecule has 1 heterocycles. The minimum atomic E-state index is -2.79. The number of alkyl halides is 2. The Morgan fingerprint density at radius 3 is 2.67 bits per heavy atom. The van der Waals surface area contributed by atoms with Gasteiger partial charge in [0.2, 0.25) is 0 Å². The molecule has 0 unspecified atom stereocenters. The quantitative estimate of drug-likeness (QED) is 0.857. The van der Waals surface area contributed by atoms with E-state index in [-0.39, 0.29) is 6.42 Å². The van der Waals surface area contributed by atoms with Gasteiger partial charge in [0.05, 0.1) is 6.54 Å². The van der Waals surface area contributed by atoms with E-state index in [1.165, 1.54) is 11.3 Å². The van der Waals surface area contributed by atoms with E-state index in [4.69, 9.17) is 5.73 Å². The zero-order valence-corrected chi connectivity index (χ0v) is 8.86. The van der Waals surface area contributed by atoms with Gasteiger partial charge in [0.15, 0.2) is 0 Å². The summed E-state index contributed by atoms with van der Waals surface area (Å²) in [4.78, 5) is 0.687. The van der Waals surface area contributed by atoms with Gasteiger partial charge in [-0.3, -0.25) is 0 Å². The summed E-state index contributed by atoms with van der Waals surface area (Å²) in [7, 11) is 0. The minimum Gasteiger partial charge on any atom is -0.325 e. The second-order valence-electron chi connectivity index (χ2n) is 3.49. The van der Waals surface area contributed by atoms with Crippen LogP contribution in [0.3, 0.4) is 0 Å². The lowest BCUT2D eigenvalue weighted by Crippen LogP contribution is -2.29. The molecule has 15 heavy (non-hydrogen) atoms. The van der Waals surface area contributed by atoms with Crippen LogP contribution in [-0.2, 0) is 6.42 Å². The Bertz CT molecular complexity index is 431. The highest BCUT2D eigenvalue weighted by atomic mass is 32.1. The molecule has 0 spiro atoms. The van der Waals surface area contributed by atoms with Gasteiger partial charge < -0.3 is 5.73 Å². The van der Waals surface area contributed by atoms with Gasteiger partial charge in [0.1, 0.15) is 0 Å². The molecule has 2 aromatic rings. The number of fused-ring (bicyclic) bond motifs is 1. The summed E-state index contributed by atoms with van der Waals surface area (Å²) in [5.41, 5.74) is 5.00. The molecular formula is C11H11F2NS. The third kappa shape index (κ3) is 2.33. The maximum atomic E-state index is 13.0. The van der Waals surface area contributed by atoms with Gasteiger partial charge in [-0.15, -0.1) is 11.3 Å². The summed E-state index contributed by atoms with van der Waals surface area (Å²) >= 11 is 1.40. The average molecular weight is 227 g/mol. The zero-order valence-electron chi connectivity index (χ0n) is 8.04. The second kappa shape index (κ2) is 3.87. The van der Waals surface area contributed by atoms with Crippen LogP contribution in [0.1, 0.15) is 4.88 Å². The number of hydrogen-bond donors (Lipinski definition) is 1. The summed E-state index contributed by atoms with van der Waals surface area (Å²) in [6.07, 6.45) is -0.261. The van der Waals surface area contributed by atoms with Gasteiger partial charge in [-0.1, -0.05) is 18.2 Å². The van der Waals surface area contributed by atoms with Crippen molar-refractivity contribution in [2.75, 3.05) is 6.54 Å². The van der Waals surface area contributed by atoms with Crippen LogP contribution in [0.15, 0.2) is 30.3 Å². The van der Waals surface area contributed by atoms with Crippen molar-refractivity contribution in [3.63, 3.8) is 0 Å². The summed E-state index contributed by atoms with van der Waals surface area (Å²) in [5, 5.41) is 1.02. The Kier molecular flexibility index (Phi) is 2.71. The maximum absolute atomic E-state index is 13.0. The molecule has 0 saturated heterocycles. The van der Waals surface area contributed by atoms with E-state index in [0.717, 1.165) is 10.1 Å². The highest BCUT2D eigenvalue weighted by molar-refractivity contribution is 7.19. The van der Waals surface area contributed by atoms with Crippen LogP contribution in [0.4, 0.5) is 8.78 Å².